The minimum absolute atomic E-state index is 0.682. The van der Waals surface area contributed by atoms with Crippen LogP contribution in [0.4, 0.5) is 0 Å². The molecule has 1 aliphatic carbocycles. The van der Waals surface area contributed by atoms with E-state index in [0.29, 0.717) is 6.04 Å². The monoisotopic (exact) mass is 279 g/mol. The maximum absolute atomic E-state index is 3.69. The molecule has 1 N–H and O–H groups in total. The van der Waals surface area contributed by atoms with Crippen LogP contribution in [0.2, 0.25) is 0 Å². The highest BCUT2D eigenvalue weighted by Gasteiger charge is 2.29. The molecule has 1 saturated carbocycles. The zero-order valence-corrected chi connectivity index (χ0v) is 13.1. The van der Waals surface area contributed by atoms with Gasteiger partial charge in [0.1, 0.15) is 0 Å². The molecule has 1 fully saturated rings. The number of aryl methyl sites for hydroxylation is 2. The lowest BCUT2D eigenvalue weighted by Gasteiger charge is -2.36. The summed E-state index contributed by atoms with van der Waals surface area (Å²) in [6.45, 7) is 5.38. The van der Waals surface area contributed by atoms with Gasteiger partial charge in [0.05, 0.1) is 0 Å². The number of rotatable bonds is 5. The van der Waals surface area contributed by atoms with Crippen LogP contribution in [0.1, 0.15) is 47.9 Å². The predicted octanol–water partition coefficient (Wildman–Crippen LogP) is 4.59. The number of hydrogen-bond acceptors (Lipinski definition) is 1. The summed E-state index contributed by atoms with van der Waals surface area (Å²) in [6, 6.07) is 18.6. The van der Waals surface area contributed by atoms with Crippen molar-refractivity contribution in [2.24, 2.45) is 0 Å². The molecule has 0 atom stereocenters. The van der Waals surface area contributed by atoms with Gasteiger partial charge in [0.2, 0.25) is 0 Å². The Kier molecular flexibility index (Phi) is 4.40. The minimum atomic E-state index is 0.682. The normalized spacial score (nSPS) is 21.0. The van der Waals surface area contributed by atoms with Crippen LogP contribution >= 0.6 is 0 Å². The van der Waals surface area contributed by atoms with Crippen molar-refractivity contribution in [3.05, 3.63) is 70.8 Å². The van der Waals surface area contributed by atoms with Gasteiger partial charge in [-0.15, -0.1) is 0 Å². The summed E-state index contributed by atoms with van der Waals surface area (Å²) in [5.41, 5.74) is 5.70. The fourth-order valence-electron chi connectivity index (χ4n) is 3.14. The molecule has 2 aromatic rings. The highest BCUT2D eigenvalue weighted by atomic mass is 14.9. The van der Waals surface area contributed by atoms with Gasteiger partial charge < -0.3 is 5.32 Å². The van der Waals surface area contributed by atoms with E-state index in [4.69, 9.17) is 0 Å². The van der Waals surface area contributed by atoms with Gasteiger partial charge >= 0.3 is 0 Å². The molecule has 110 valence electrons. The van der Waals surface area contributed by atoms with E-state index in [1.807, 2.05) is 0 Å². The van der Waals surface area contributed by atoms with Crippen LogP contribution in [0.25, 0.3) is 0 Å². The van der Waals surface area contributed by atoms with E-state index in [-0.39, 0.29) is 0 Å². The molecular weight excluding hydrogens is 254 g/mol. The third-order valence-corrected chi connectivity index (χ3v) is 4.68. The molecule has 0 spiro atoms. The smallest absolute Gasteiger partial charge is 0.0208 e. The Balaban J connectivity index is 1.46. The Morgan fingerprint density at radius 3 is 2.38 bits per heavy atom. The van der Waals surface area contributed by atoms with Crippen molar-refractivity contribution in [3.8, 4) is 0 Å². The average molecular weight is 279 g/mol. The second kappa shape index (κ2) is 6.44. The fourth-order valence-corrected chi connectivity index (χ4v) is 3.14. The molecule has 1 nitrogen and oxygen atoms in total. The fraction of sp³-hybridized carbons (Fsp3) is 0.400. The summed E-state index contributed by atoms with van der Waals surface area (Å²) in [7, 11) is 0. The Hall–Kier alpha value is -1.60. The van der Waals surface area contributed by atoms with E-state index in [9.17, 15) is 0 Å². The second-order valence-electron chi connectivity index (χ2n) is 6.33. The van der Waals surface area contributed by atoms with E-state index >= 15 is 0 Å². The number of benzene rings is 2. The summed E-state index contributed by atoms with van der Waals surface area (Å²) >= 11 is 0. The van der Waals surface area contributed by atoms with Crippen molar-refractivity contribution in [3.63, 3.8) is 0 Å². The molecule has 0 heterocycles. The van der Waals surface area contributed by atoms with Gasteiger partial charge in [-0.05, 0) is 48.8 Å². The Labute approximate surface area is 128 Å². The standard InChI is InChI=1S/C20H25N/c1-3-16-7-9-17(10-8-16)14-21-20-12-19(13-20)18-6-4-5-15(2)11-18/h4-11,19-21H,3,12-14H2,1-2H3. The van der Waals surface area contributed by atoms with Crippen molar-refractivity contribution < 1.29 is 0 Å². The van der Waals surface area contributed by atoms with Crippen molar-refractivity contribution in [2.75, 3.05) is 0 Å². The molecule has 1 heteroatoms. The summed E-state index contributed by atoms with van der Waals surface area (Å²) < 4.78 is 0. The average Bonchev–Trinajstić information content (AvgIpc) is 2.46. The van der Waals surface area contributed by atoms with Crippen molar-refractivity contribution in [1.29, 1.82) is 0 Å². The van der Waals surface area contributed by atoms with E-state index in [0.717, 1.165) is 18.9 Å². The molecular formula is C20H25N. The third-order valence-electron chi connectivity index (χ3n) is 4.68. The van der Waals surface area contributed by atoms with Crippen LogP contribution in [0.5, 0.6) is 0 Å². The van der Waals surface area contributed by atoms with Crippen LogP contribution in [-0.2, 0) is 13.0 Å². The van der Waals surface area contributed by atoms with Gasteiger partial charge in [0, 0.05) is 12.6 Å². The predicted molar refractivity (Wildman–Crippen MR) is 89.6 cm³/mol. The van der Waals surface area contributed by atoms with Gasteiger partial charge in [0.25, 0.3) is 0 Å². The van der Waals surface area contributed by atoms with Crippen LogP contribution in [-0.4, -0.2) is 6.04 Å². The van der Waals surface area contributed by atoms with Gasteiger partial charge in [-0.25, -0.2) is 0 Å². The first-order valence-corrected chi connectivity index (χ1v) is 8.12. The van der Waals surface area contributed by atoms with Crippen molar-refractivity contribution in [2.45, 2.75) is 51.6 Å². The lowest BCUT2D eigenvalue weighted by atomic mass is 9.75. The largest absolute Gasteiger partial charge is 0.310 e. The highest BCUT2D eigenvalue weighted by Crippen LogP contribution is 2.37. The number of hydrogen-bond donors (Lipinski definition) is 1. The maximum atomic E-state index is 3.69. The molecule has 0 unspecified atom stereocenters. The topological polar surface area (TPSA) is 12.0 Å². The lowest BCUT2D eigenvalue weighted by molar-refractivity contribution is 0.289. The SMILES string of the molecule is CCc1ccc(CNC2CC(c3cccc(C)c3)C2)cc1. The summed E-state index contributed by atoms with van der Waals surface area (Å²) in [5, 5.41) is 3.69. The summed E-state index contributed by atoms with van der Waals surface area (Å²) in [5.74, 6) is 0.755. The molecule has 0 radical (unpaired) electrons. The lowest BCUT2D eigenvalue weighted by Crippen LogP contribution is -2.39. The van der Waals surface area contributed by atoms with Crippen LogP contribution in [0.3, 0.4) is 0 Å². The zero-order valence-electron chi connectivity index (χ0n) is 13.1. The molecule has 21 heavy (non-hydrogen) atoms. The van der Waals surface area contributed by atoms with Crippen LogP contribution < -0.4 is 5.32 Å². The molecule has 0 aromatic heterocycles. The molecule has 0 saturated heterocycles. The minimum Gasteiger partial charge on any atom is -0.310 e. The van der Waals surface area contributed by atoms with Gasteiger partial charge in [-0.3, -0.25) is 0 Å². The van der Waals surface area contributed by atoms with Crippen molar-refractivity contribution >= 4 is 0 Å². The summed E-state index contributed by atoms with van der Waals surface area (Å²) in [6.07, 6.45) is 3.67. The van der Waals surface area contributed by atoms with Gasteiger partial charge in [-0.2, -0.15) is 0 Å². The van der Waals surface area contributed by atoms with Crippen molar-refractivity contribution in [1.82, 2.24) is 5.32 Å². The molecule has 0 bridgehead atoms. The Morgan fingerprint density at radius 2 is 1.71 bits per heavy atom. The van der Waals surface area contributed by atoms with Crippen LogP contribution in [0, 0.1) is 6.92 Å². The van der Waals surface area contributed by atoms with E-state index in [1.165, 1.54) is 35.1 Å². The van der Waals surface area contributed by atoms with E-state index in [1.54, 1.807) is 0 Å². The van der Waals surface area contributed by atoms with E-state index in [2.05, 4.69) is 67.7 Å². The maximum Gasteiger partial charge on any atom is 0.0208 e. The van der Waals surface area contributed by atoms with Crippen LogP contribution in [0.15, 0.2) is 48.5 Å². The number of nitrogens with one attached hydrogen (secondary N) is 1. The highest BCUT2D eigenvalue weighted by molar-refractivity contribution is 5.28. The summed E-state index contributed by atoms with van der Waals surface area (Å²) in [4.78, 5) is 0. The molecule has 3 rings (SSSR count). The quantitative estimate of drug-likeness (QED) is 0.844. The van der Waals surface area contributed by atoms with Gasteiger partial charge in [-0.1, -0.05) is 61.0 Å². The van der Waals surface area contributed by atoms with E-state index < -0.39 is 0 Å². The first-order chi connectivity index (χ1) is 10.2. The molecule has 1 aliphatic rings. The first-order valence-electron chi connectivity index (χ1n) is 8.12. The Bertz CT molecular complexity index is 579. The first kappa shape index (κ1) is 14.3. The third kappa shape index (κ3) is 3.54. The molecule has 0 amide bonds. The Morgan fingerprint density at radius 1 is 1.00 bits per heavy atom. The zero-order chi connectivity index (χ0) is 14.7. The van der Waals surface area contributed by atoms with Gasteiger partial charge in [0.15, 0.2) is 0 Å². The molecule has 0 aliphatic heterocycles. The molecule has 2 aromatic carbocycles. The second-order valence-corrected chi connectivity index (χ2v) is 6.33.